The zero-order chi connectivity index (χ0) is 10.4. The zero-order valence-corrected chi connectivity index (χ0v) is 8.49. The topological polar surface area (TPSA) is 79.1 Å². The lowest BCUT2D eigenvalue weighted by atomic mass is 10.5. The second kappa shape index (κ2) is 5.36. The van der Waals surface area contributed by atoms with E-state index < -0.39 is 0 Å². The van der Waals surface area contributed by atoms with Crippen molar-refractivity contribution in [1.82, 2.24) is 14.9 Å². The van der Waals surface area contributed by atoms with Crippen molar-refractivity contribution in [3.8, 4) is 0 Å². The van der Waals surface area contributed by atoms with Crippen molar-refractivity contribution < 1.29 is 0 Å². The van der Waals surface area contributed by atoms with Gasteiger partial charge < -0.3 is 15.6 Å². The van der Waals surface area contributed by atoms with E-state index in [-0.39, 0.29) is 0 Å². The predicted molar refractivity (Wildman–Crippen MR) is 56.9 cm³/mol. The molecule has 0 fully saturated rings. The van der Waals surface area contributed by atoms with E-state index in [0.717, 1.165) is 18.9 Å². The number of nitrogens with zero attached hydrogens (tertiary/aromatic N) is 3. The molecule has 0 unspecified atom stereocenters. The molecule has 0 amide bonds. The van der Waals surface area contributed by atoms with Crippen molar-refractivity contribution >= 4 is 11.6 Å². The summed E-state index contributed by atoms with van der Waals surface area (Å²) in [7, 11) is 4.04. The van der Waals surface area contributed by atoms with Gasteiger partial charge in [-0.2, -0.15) is 0 Å². The molecule has 0 saturated heterocycles. The monoisotopic (exact) mass is 196 g/mol. The average Bonchev–Trinajstić information content (AvgIpc) is 2.18. The number of hydrazine groups is 1. The molecular formula is C8H16N6. The third-order valence-electron chi connectivity index (χ3n) is 1.68. The van der Waals surface area contributed by atoms with E-state index in [9.17, 15) is 0 Å². The summed E-state index contributed by atoms with van der Waals surface area (Å²) in [6.07, 6.45) is 1.47. The van der Waals surface area contributed by atoms with Gasteiger partial charge in [0, 0.05) is 19.2 Å². The number of anilines is 2. The Labute approximate surface area is 83.5 Å². The lowest BCUT2D eigenvalue weighted by Gasteiger charge is -2.10. The van der Waals surface area contributed by atoms with Crippen LogP contribution in [0.5, 0.6) is 0 Å². The second-order valence-corrected chi connectivity index (χ2v) is 3.16. The van der Waals surface area contributed by atoms with Crippen LogP contribution in [0.4, 0.5) is 11.6 Å². The molecule has 0 aromatic carbocycles. The van der Waals surface area contributed by atoms with Gasteiger partial charge in [0.1, 0.15) is 18.0 Å². The third kappa shape index (κ3) is 3.55. The van der Waals surface area contributed by atoms with Crippen molar-refractivity contribution in [3.05, 3.63) is 12.4 Å². The Balaban J connectivity index is 2.42. The minimum atomic E-state index is 0.604. The van der Waals surface area contributed by atoms with Crippen LogP contribution in [-0.4, -0.2) is 42.1 Å². The summed E-state index contributed by atoms with van der Waals surface area (Å²) in [5.41, 5.74) is 2.47. The SMILES string of the molecule is CN(C)CCNc1cc(NN)ncn1. The number of rotatable bonds is 5. The number of nitrogens with two attached hydrogens (primary N) is 1. The fourth-order valence-electron chi connectivity index (χ4n) is 0.940. The van der Waals surface area contributed by atoms with Crippen LogP contribution < -0.4 is 16.6 Å². The van der Waals surface area contributed by atoms with Crippen molar-refractivity contribution in [2.75, 3.05) is 37.9 Å². The molecule has 0 bridgehead atoms. The largest absolute Gasteiger partial charge is 0.369 e. The molecule has 1 aromatic heterocycles. The molecule has 6 nitrogen and oxygen atoms in total. The molecule has 1 aromatic rings. The average molecular weight is 196 g/mol. The van der Waals surface area contributed by atoms with Crippen LogP contribution in [0, 0.1) is 0 Å². The van der Waals surface area contributed by atoms with Gasteiger partial charge in [0.25, 0.3) is 0 Å². The van der Waals surface area contributed by atoms with Crippen molar-refractivity contribution in [2.45, 2.75) is 0 Å². The minimum absolute atomic E-state index is 0.604. The Morgan fingerprint density at radius 2 is 2.07 bits per heavy atom. The number of aromatic nitrogens is 2. The summed E-state index contributed by atoms with van der Waals surface area (Å²) in [5, 5.41) is 3.16. The van der Waals surface area contributed by atoms with Crippen LogP contribution in [0.15, 0.2) is 12.4 Å². The molecule has 0 spiro atoms. The van der Waals surface area contributed by atoms with Crippen LogP contribution in [0.25, 0.3) is 0 Å². The van der Waals surface area contributed by atoms with E-state index in [0.29, 0.717) is 5.82 Å². The first-order valence-electron chi connectivity index (χ1n) is 4.39. The molecule has 0 aliphatic heterocycles. The zero-order valence-electron chi connectivity index (χ0n) is 8.49. The lowest BCUT2D eigenvalue weighted by Crippen LogP contribution is -2.21. The smallest absolute Gasteiger partial charge is 0.145 e. The molecule has 0 aliphatic carbocycles. The molecule has 14 heavy (non-hydrogen) atoms. The highest BCUT2D eigenvalue weighted by molar-refractivity contribution is 5.45. The molecule has 1 heterocycles. The van der Waals surface area contributed by atoms with Crippen LogP contribution in [-0.2, 0) is 0 Å². The van der Waals surface area contributed by atoms with Gasteiger partial charge in [0.05, 0.1) is 0 Å². The van der Waals surface area contributed by atoms with Gasteiger partial charge in [0.2, 0.25) is 0 Å². The van der Waals surface area contributed by atoms with E-state index in [1.165, 1.54) is 6.33 Å². The fraction of sp³-hybridized carbons (Fsp3) is 0.500. The molecular weight excluding hydrogens is 180 g/mol. The summed E-state index contributed by atoms with van der Waals surface area (Å²) < 4.78 is 0. The first-order valence-corrected chi connectivity index (χ1v) is 4.39. The first-order chi connectivity index (χ1) is 6.72. The minimum Gasteiger partial charge on any atom is -0.369 e. The standard InChI is InChI=1S/C8H16N6/c1-14(2)4-3-10-7-5-8(13-9)12-6-11-7/h5-6H,3-4,9H2,1-2H3,(H2,10,11,12,13). The maximum Gasteiger partial charge on any atom is 0.145 e. The maximum atomic E-state index is 5.22. The Morgan fingerprint density at radius 1 is 1.36 bits per heavy atom. The van der Waals surface area contributed by atoms with Crippen molar-refractivity contribution in [2.24, 2.45) is 5.84 Å². The lowest BCUT2D eigenvalue weighted by molar-refractivity contribution is 0.425. The molecule has 0 saturated carbocycles. The van der Waals surface area contributed by atoms with Gasteiger partial charge in [-0.15, -0.1) is 0 Å². The molecule has 0 atom stereocenters. The van der Waals surface area contributed by atoms with Gasteiger partial charge in [-0.25, -0.2) is 15.8 Å². The number of likely N-dealkylation sites (N-methyl/N-ethyl adjacent to an activating group) is 1. The quantitative estimate of drug-likeness (QED) is 0.444. The summed E-state index contributed by atoms with van der Waals surface area (Å²) in [6.45, 7) is 1.80. The van der Waals surface area contributed by atoms with Crippen molar-refractivity contribution in [1.29, 1.82) is 0 Å². The Hall–Kier alpha value is -1.40. The summed E-state index contributed by atoms with van der Waals surface area (Å²) >= 11 is 0. The van der Waals surface area contributed by atoms with Gasteiger partial charge >= 0.3 is 0 Å². The van der Waals surface area contributed by atoms with Crippen LogP contribution >= 0.6 is 0 Å². The highest BCUT2D eigenvalue weighted by Gasteiger charge is 1.96. The van der Waals surface area contributed by atoms with E-state index in [4.69, 9.17) is 5.84 Å². The van der Waals surface area contributed by atoms with E-state index in [1.54, 1.807) is 6.07 Å². The first kappa shape index (κ1) is 10.7. The summed E-state index contributed by atoms with van der Waals surface area (Å²) in [6, 6.07) is 1.76. The van der Waals surface area contributed by atoms with Gasteiger partial charge in [-0.1, -0.05) is 0 Å². The van der Waals surface area contributed by atoms with Gasteiger partial charge in [0.15, 0.2) is 0 Å². The summed E-state index contributed by atoms with van der Waals surface area (Å²) in [5.74, 6) is 6.60. The highest BCUT2D eigenvalue weighted by atomic mass is 15.3. The fourth-order valence-corrected chi connectivity index (χ4v) is 0.940. The molecule has 0 aliphatic rings. The normalized spacial score (nSPS) is 10.3. The van der Waals surface area contributed by atoms with E-state index in [1.807, 2.05) is 14.1 Å². The molecule has 4 N–H and O–H groups in total. The number of nitrogen functional groups attached to an aromatic ring is 1. The molecule has 0 radical (unpaired) electrons. The number of nitrogens with one attached hydrogen (secondary N) is 2. The highest BCUT2D eigenvalue weighted by Crippen LogP contribution is 2.05. The molecule has 6 heteroatoms. The van der Waals surface area contributed by atoms with Crippen molar-refractivity contribution in [3.63, 3.8) is 0 Å². The summed E-state index contributed by atoms with van der Waals surface area (Å²) in [4.78, 5) is 10.0. The number of hydrogen-bond acceptors (Lipinski definition) is 6. The predicted octanol–water partition coefficient (Wildman–Crippen LogP) is -0.264. The van der Waals surface area contributed by atoms with E-state index in [2.05, 4.69) is 25.6 Å². The van der Waals surface area contributed by atoms with E-state index >= 15 is 0 Å². The third-order valence-corrected chi connectivity index (χ3v) is 1.68. The molecule has 78 valence electrons. The Bertz CT molecular complexity index is 274. The second-order valence-electron chi connectivity index (χ2n) is 3.16. The van der Waals surface area contributed by atoms with Gasteiger partial charge in [-0.3, -0.25) is 0 Å². The Kier molecular flexibility index (Phi) is 4.09. The van der Waals surface area contributed by atoms with Gasteiger partial charge in [-0.05, 0) is 14.1 Å². The Morgan fingerprint density at radius 3 is 2.71 bits per heavy atom. The van der Waals surface area contributed by atoms with Crippen LogP contribution in [0.2, 0.25) is 0 Å². The number of hydrogen-bond donors (Lipinski definition) is 3. The maximum absolute atomic E-state index is 5.22. The van der Waals surface area contributed by atoms with Crippen LogP contribution in [0.1, 0.15) is 0 Å². The van der Waals surface area contributed by atoms with Crippen LogP contribution in [0.3, 0.4) is 0 Å². The molecule has 1 rings (SSSR count).